The molecule has 0 aliphatic carbocycles. The number of carbonyl (C=O) groups is 1. The van der Waals surface area contributed by atoms with Gasteiger partial charge in [-0.3, -0.25) is 9.63 Å². The Balaban J connectivity index is 1.69. The lowest BCUT2D eigenvalue weighted by Gasteiger charge is -2.16. The molecular formula is C20H25NO4. The zero-order chi connectivity index (χ0) is 17.9. The van der Waals surface area contributed by atoms with E-state index in [4.69, 9.17) is 20.2 Å². The maximum absolute atomic E-state index is 12.0. The van der Waals surface area contributed by atoms with Crippen LogP contribution in [0, 0.1) is 0 Å². The Morgan fingerprint density at radius 3 is 2.36 bits per heavy atom. The summed E-state index contributed by atoms with van der Waals surface area (Å²) in [5, 5.41) is 0. The minimum absolute atomic E-state index is 0.314. The number of ether oxygens (including phenoxy) is 2. The molecule has 25 heavy (non-hydrogen) atoms. The van der Waals surface area contributed by atoms with Gasteiger partial charge in [-0.05, 0) is 49.1 Å². The Morgan fingerprint density at radius 2 is 1.72 bits per heavy atom. The summed E-state index contributed by atoms with van der Waals surface area (Å²) in [6.07, 6.45) is 3.28. The summed E-state index contributed by atoms with van der Waals surface area (Å²) in [6.45, 7) is 0. The lowest BCUT2D eigenvalue weighted by Crippen LogP contribution is -2.17. The van der Waals surface area contributed by atoms with Gasteiger partial charge in [0.15, 0.2) is 0 Å². The van der Waals surface area contributed by atoms with Crippen LogP contribution in [0.15, 0.2) is 54.6 Å². The minimum Gasteiger partial charge on any atom is -0.497 e. The van der Waals surface area contributed by atoms with Gasteiger partial charge < -0.3 is 9.47 Å². The normalized spacial score (nSPS) is 11.8. The van der Waals surface area contributed by atoms with Gasteiger partial charge in [0.25, 0.3) is 0 Å². The molecule has 2 aromatic carbocycles. The molecule has 0 saturated carbocycles. The summed E-state index contributed by atoms with van der Waals surface area (Å²) >= 11 is 0. The van der Waals surface area contributed by atoms with Gasteiger partial charge >= 0.3 is 5.97 Å². The van der Waals surface area contributed by atoms with Crippen molar-refractivity contribution in [2.75, 3.05) is 7.11 Å². The second-order valence-corrected chi connectivity index (χ2v) is 5.78. The van der Waals surface area contributed by atoms with Gasteiger partial charge in [-0.1, -0.05) is 36.8 Å². The first-order valence-corrected chi connectivity index (χ1v) is 8.46. The largest absolute Gasteiger partial charge is 0.497 e. The molecule has 5 heteroatoms. The van der Waals surface area contributed by atoms with Crippen LogP contribution in [-0.2, 0) is 20.8 Å². The van der Waals surface area contributed by atoms with E-state index >= 15 is 0 Å². The standard InChI is InChI=1S/C20H25NO4/c1-23-18-14-12-17(13-15-18)20(25-21)24-19(22)11-7-3-6-10-16-8-4-2-5-9-16/h2,4-5,8-9,12-15,20H,3,6-7,10-11,21H2,1H3/t20-/m1/s1. The highest BCUT2D eigenvalue weighted by Crippen LogP contribution is 2.21. The number of rotatable bonds is 10. The average Bonchev–Trinajstić information content (AvgIpc) is 2.67. The minimum atomic E-state index is -0.900. The zero-order valence-electron chi connectivity index (χ0n) is 14.5. The third-order valence-corrected chi connectivity index (χ3v) is 3.94. The van der Waals surface area contributed by atoms with Crippen LogP contribution in [0.5, 0.6) is 5.75 Å². The van der Waals surface area contributed by atoms with Crippen LogP contribution in [0.1, 0.15) is 43.1 Å². The second kappa shape index (κ2) is 10.5. The van der Waals surface area contributed by atoms with Gasteiger partial charge in [0.05, 0.1) is 7.11 Å². The third-order valence-electron chi connectivity index (χ3n) is 3.94. The van der Waals surface area contributed by atoms with Crippen molar-refractivity contribution in [3.05, 3.63) is 65.7 Å². The summed E-state index contributed by atoms with van der Waals surface area (Å²) in [6, 6.07) is 17.4. The van der Waals surface area contributed by atoms with E-state index in [-0.39, 0.29) is 5.97 Å². The Labute approximate surface area is 148 Å². The number of aryl methyl sites for hydroxylation is 1. The van der Waals surface area contributed by atoms with Crippen LogP contribution in [0.3, 0.4) is 0 Å². The lowest BCUT2D eigenvalue weighted by molar-refractivity contribution is -0.182. The topological polar surface area (TPSA) is 70.8 Å². The molecule has 0 unspecified atom stereocenters. The van der Waals surface area contributed by atoms with Gasteiger partial charge in [0.2, 0.25) is 6.29 Å². The monoisotopic (exact) mass is 343 g/mol. The highest BCUT2D eigenvalue weighted by Gasteiger charge is 2.16. The van der Waals surface area contributed by atoms with Crippen molar-refractivity contribution in [2.45, 2.75) is 38.4 Å². The second-order valence-electron chi connectivity index (χ2n) is 5.78. The average molecular weight is 343 g/mol. The summed E-state index contributed by atoms with van der Waals surface area (Å²) in [4.78, 5) is 16.7. The Kier molecular flexibility index (Phi) is 7.95. The van der Waals surface area contributed by atoms with E-state index in [0.717, 1.165) is 25.7 Å². The fourth-order valence-electron chi connectivity index (χ4n) is 2.53. The van der Waals surface area contributed by atoms with Crippen LogP contribution in [0.4, 0.5) is 0 Å². The van der Waals surface area contributed by atoms with Gasteiger partial charge in [-0.25, -0.2) is 5.90 Å². The van der Waals surface area contributed by atoms with Crippen LogP contribution < -0.4 is 10.6 Å². The molecule has 0 radical (unpaired) electrons. The molecule has 0 aliphatic rings. The summed E-state index contributed by atoms with van der Waals surface area (Å²) in [5.74, 6) is 5.65. The number of hydrogen-bond acceptors (Lipinski definition) is 5. The predicted molar refractivity (Wildman–Crippen MR) is 95.7 cm³/mol. The zero-order valence-corrected chi connectivity index (χ0v) is 14.5. The molecule has 0 saturated heterocycles. The quantitative estimate of drug-likeness (QED) is 0.306. The Bertz CT molecular complexity index is 628. The van der Waals surface area contributed by atoms with Crippen LogP contribution in [-0.4, -0.2) is 13.1 Å². The maximum Gasteiger partial charge on any atom is 0.308 e. The highest BCUT2D eigenvalue weighted by molar-refractivity contribution is 5.69. The van der Waals surface area contributed by atoms with Crippen molar-refractivity contribution < 1.29 is 19.1 Å². The molecule has 0 heterocycles. The maximum atomic E-state index is 12.0. The van der Waals surface area contributed by atoms with Crippen molar-refractivity contribution in [3.8, 4) is 5.75 Å². The molecule has 0 aliphatic heterocycles. The van der Waals surface area contributed by atoms with E-state index < -0.39 is 6.29 Å². The first kappa shape index (κ1) is 19.0. The fraction of sp³-hybridized carbons (Fsp3) is 0.350. The number of carbonyl (C=O) groups excluding carboxylic acids is 1. The number of esters is 1. The first-order valence-electron chi connectivity index (χ1n) is 8.46. The molecule has 0 bridgehead atoms. The van der Waals surface area contributed by atoms with Crippen LogP contribution in [0.25, 0.3) is 0 Å². The van der Waals surface area contributed by atoms with Crippen molar-refractivity contribution in [2.24, 2.45) is 5.90 Å². The van der Waals surface area contributed by atoms with E-state index in [0.29, 0.717) is 17.7 Å². The van der Waals surface area contributed by atoms with Crippen molar-refractivity contribution in [3.63, 3.8) is 0 Å². The van der Waals surface area contributed by atoms with Crippen molar-refractivity contribution in [1.29, 1.82) is 0 Å². The van der Waals surface area contributed by atoms with Crippen LogP contribution in [0.2, 0.25) is 0 Å². The molecule has 2 N–H and O–H groups in total. The number of unbranched alkanes of at least 4 members (excludes halogenated alkanes) is 2. The summed E-state index contributed by atoms with van der Waals surface area (Å²) in [5.41, 5.74) is 1.99. The number of hydrogen-bond donors (Lipinski definition) is 1. The molecule has 0 amide bonds. The van der Waals surface area contributed by atoms with Gasteiger partial charge in [0.1, 0.15) is 5.75 Å². The SMILES string of the molecule is COc1ccc([C@@H](ON)OC(=O)CCCCCc2ccccc2)cc1. The van der Waals surface area contributed by atoms with Gasteiger partial charge in [-0.2, -0.15) is 0 Å². The fourth-order valence-corrected chi connectivity index (χ4v) is 2.53. The highest BCUT2D eigenvalue weighted by atomic mass is 16.8. The van der Waals surface area contributed by atoms with E-state index in [9.17, 15) is 4.79 Å². The summed E-state index contributed by atoms with van der Waals surface area (Å²) in [7, 11) is 1.59. The molecule has 0 spiro atoms. The number of benzene rings is 2. The van der Waals surface area contributed by atoms with E-state index in [2.05, 4.69) is 12.1 Å². The third kappa shape index (κ3) is 6.57. The first-order chi connectivity index (χ1) is 12.2. The molecule has 0 fully saturated rings. The Morgan fingerprint density at radius 1 is 1.00 bits per heavy atom. The molecule has 5 nitrogen and oxygen atoms in total. The smallest absolute Gasteiger partial charge is 0.308 e. The summed E-state index contributed by atoms with van der Waals surface area (Å²) < 4.78 is 10.4. The van der Waals surface area contributed by atoms with Crippen molar-refractivity contribution in [1.82, 2.24) is 0 Å². The molecular weight excluding hydrogens is 318 g/mol. The lowest BCUT2D eigenvalue weighted by atomic mass is 10.1. The molecule has 2 rings (SSSR count). The molecule has 134 valence electrons. The van der Waals surface area contributed by atoms with Crippen molar-refractivity contribution >= 4 is 5.97 Å². The van der Waals surface area contributed by atoms with Crippen LogP contribution >= 0.6 is 0 Å². The van der Waals surface area contributed by atoms with Gasteiger partial charge in [0, 0.05) is 12.0 Å². The molecule has 2 aromatic rings. The molecule has 0 aromatic heterocycles. The number of nitrogens with two attached hydrogens (primary N) is 1. The van der Waals surface area contributed by atoms with E-state index in [1.165, 1.54) is 5.56 Å². The van der Waals surface area contributed by atoms with E-state index in [1.54, 1.807) is 31.4 Å². The number of methoxy groups -OCH3 is 1. The Hall–Kier alpha value is -2.37. The predicted octanol–water partition coefficient (Wildman–Crippen LogP) is 3.93. The van der Waals surface area contributed by atoms with E-state index in [1.807, 2.05) is 18.2 Å². The molecule has 1 atom stereocenters. The van der Waals surface area contributed by atoms with Gasteiger partial charge in [-0.15, -0.1) is 0 Å².